The fraction of sp³-hybridized carbons (Fsp3) is 0.333. The van der Waals surface area contributed by atoms with Crippen LogP contribution in [0, 0.1) is 18.7 Å². The first-order chi connectivity index (χ1) is 13.7. The average Bonchev–Trinajstić information content (AvgIpc) is 2.92. The number of carbonyl (C=O) groups is 1. The molecule has 0 fully saturated rings. The molecule has 1 unspecified atom stereocenters. The molecule has 1 amide bonds. The Hall–Kier alpha value is -2.74. The maximum absolute atomic E-state index is 13.4. The third-order valence-corrected chi connectivity index (χ3v) is 6.03. The zero-order chi connectivity index (χ0) is 21.2. The van der Waals surface area contributed by atoms with E-state index in [2.05, 4.69) is 15.0 Å². The van der Waals surface area contributed by atoms with E-state index in [1.165, 1.54) is 12.1 Å². The number of rotatable bonds is 6. The Kier molecular flexibility index (Phi) is 6.02. The largest absolute Gasteiger partial charge is 0.350 e. The lowest BCUT2D eigenvalue weighted by Gasteiger charge is -2.16. The van der Waals surface area contributed by atoms with Crippen LogP contribution in [0.1, 0.15) is 37.0 Å². The number of amides is 1. The summed E-state index contributed by atoms with van der Waals surface area (Å²) in [4.78, 5) is 17.4. The minimum Gasteiger partial charge on any atom is -0.350 e. The number of aliphatic imine (C=N–C) groups is 1. The minimum atomic E-state index is -3.67. The van der Waals surface area contributed by atoms with Gasteiger partial charge < -0.3 is 5.32 Å². The van der Waals surface area contributed by atoms with Gasteiger partial charge >= 0.3 is 0 Å². The van der Waals surface area contributed by atoms with E-state index in [1.54, 1.807) is 37.3 Å². The molecule has 2 N–H and O–H groups in total. The number of fused-ring (bicyclic) bond motifs is 1. The molecule has 1 aliphatic heterocycles. The quantitative estimate of drug-likeness (QED) is 0.758. The fourth-order valence-electron chi connectivity index (χ4n) is 3.17. The Balaban J connectivity index is 1.82. The topological polar surface area (TPSA) is 87.6 Å². The van der Waals surface area contributed by atoms with Crippen LogP contribution in [0.4, 0.5) is 4.39 Å². The number of nitrogens with one attached hydrogen (secondary N) is 2. The SMILES string of the molecule is Cc1cc(CNC(=O)C(CC(C)C)N=C2NS(=O)(=O)c3ccccc32)ccc1F. The van der Waals surface area contributed by atoms with Crippen molar-refractivity contribution in [2.45, 2.75) is 44.7 Å². The van der Waals surface area contributed by atoms with Gasteiger partial charge in [-0.15, -0.1) is 0 Å². The molecule has 0 bridgehead atoms. The number of hydrogen-bond acceptors (Lipinski definition) is 4. The zero-order valence-corrected chi connectivity index (χ0v) is 17.4. The van der Waals surface area contributed by atoms with Crippen LogP contribution in [0.2, 0.25) is 0 Å². The highest BCUT2D eigenvalue weighted by atomic mass is 32.2. The second-order valence-electron chi connectivity index (χ2n) is 7.53. The first kappa shape index (κ1) is 21.0. The highest BCUT2D eigenvalue weighted by Crippen LogP contribution is 2.23. The highest BCUT2D eigenvalue weighted by molar-refractivity contribution is 7.90. The predicted octanol–water partition coefficient (Wildman–Crippen LogP) is 2.90. The van der Waals surface area contributed by atoms with Gasteiger partial charge in [0.25, 0.3) is 10.0 Å². The second-order valence-corrected chi connectivity index (χ2v) is 9.18. The summed E-state index contributed by atoms with van der Waals surface area (Å²) in [5.41, 5.74) is 1.75. The van der Waals surface area contributed by atoms with Crippen molar-refractivity contribution < 1.29 is 17.6 Å². The van der Waals surface area contributed by atoms with E-state index in [1.807, 2.05) is 13.8 Å². The molecule has 2 aromatic carbocycles. The first-order valence-corrected chi connectivity index (χ1v) is 10.9. The molecule has 1 heterocycles. The summed E-state index contributed by atoms with van der Waals surface area (Å²) >= 11 is 0. The molecule has 2 aromatic rings. The number of halogens is 1. The van der Waals surface area contributed by atoms with Crippen molar-refractivity contribution in [3.8, 4) is 0 Å². The number of nitrogens with zero attached hydrogens (tertiary/aromatic N) is 1. The van der Waals surface area contributed by atoms with Crippen LogP contribution >= 0.6 is 0 Å². The summed E-state index contributed by atoms with van der Waals surface area (Å²) in [5, 5.41) is 2.82. The van der Waals surface area contributed by atoms with Crippen molar-refractivity contribution in [1.29, 1.82) is 0 Å². The molecule has 0 saturated carbocycles. The molecule has 1 aliphatic rings. The minimum absolute atomic E-state index is 0.157. The summed E-state index contributed by atoms with van der Waals surface area (Å²) in [5.74, 6) is -0.247. The molecule has 0 saturated heterocycles. The third kappa shape index (κ3) is 4.82. The zero-order valence-electron chi connectivity index (χ0n) is 16.6. The Morgan fingerprint density at radius 2 is 1.93 bits per heavy atom. The van der Waals surface area contributed by atoms with Gasteiger partial charge in [0.2, 0.25) is 5.91 Å². The monoisotopic (exact) mass is 417 g/mol. The van der Waals surface area contributed by atoms with Gasteiger partial charge in [-0.2, -0.15) is 0 Å². The normalized spacial score (nSPS) is 17.1. The lowest BCUT2D eigenvalue weighted by molar-refractivity contribution is -0.122. The maximum Gasteiger partial charge on any atom is 0.263 e. The number of amidine groups is 1. The third-order valence-electron chi connectivity index (χ3n) is 4.63. The molecule has 3 rings (SSSR count). The van der Waals surface area contributed by atoms with Crippen molar-refractivity contribution in [2.75, 3.05) is 0 Å². The van der Waals surface area contributed by atoms with Gasteiger partial charge in [-0.1, -0.05) is 38.1 Å². The predicted molar refractivity (Wildman–Crippen MR) is 110 cm³/mol. The van der Waals surface area contributed by atoms with Crippen LogP contribution in [0.5, 0.6) is 0 Å². The van der Waals surface area contributed by atoms with E-state index < -0.39 is 16.1 Å². The summed E-state index contributed by atoms with van der Waals surface area (Å²) in [7, 11) is -3.67. The molecule has 0 aromatic heterocycles. The van der Waals surface area contributed by atoms with E-state index in [0.717, 1.165) is 5.56 Å². The smallest absolute Gasteiger partial charge is 0.263 e. The molecular weight excluding hydrogens is 393 g/mol. The van der Waals surface area contributed by atoms with E-state index in [9.17, 15) is 17.6 Å². The molecular formula is C21H24FN3O3S. The maximum atomic E-state index is 13.4. The number of aryl methyl sites for hydroxylation is 1. The van der Waals surface area contributed by atoms with Gasteiger partial charge in [0, 0.05) is 12.1 Å². The van der Waals surface area contributed by atoms with E-state index in [-0.39, 0.29) is 34.9 Å². The van der Waals surface area contributed by atoms with E-state index in [0.29, 0.717) is 17.5 Å². The van der Waals surface area contributed by atoms with Crippen molar-refractivity contribution in [3.05, 3.63) is 65.0 Å². The van der Waals surface area contributed by atoms with Gasteiger partial charge in [0.1, 0.15) is 17.7 Å². The van der Waals surface area contributed by atoms with Crippen LogP contribution in [0.25, 0.3) is 0 Å². The Bertz CT molecular complexity index is 1060. The van der Waals surface area contributed by atoms with Gasteiger partial charge in [-0.3, -0.25) is 14.5 Å². The number of benzene rings is 2. The molecule has 154 valence electrons. The average molecular weight is 418 g/mol. The van der Waals surface area contributed by atoms with Crippen molar-refractivity contribution in [2.24, 2.45) is 10.9 Å². The van der Waals surface area contributed by atoms with Crippen LogP contribution in [-0.4, -0.2) is 26.2 Å². The summed E-state index contributed by atoms with van der Waals surface area (Å²) in [6.45, 7) is 5.84. The fourth-order valence-corrected chi connectivity index (χ4v) is 4.41. The summed E-state index contributed by atoms with van der Waals surface area (Å²) in [6.07, 6.45) is 0.460. The molecule has 6 nitrogen and oxygen atoms in total. The van der Waals surface area contributed by atoms with Gasteiger partial charge in [0.05, 0.1) is 4.90 Å². The van der Waals surface area contributed by atoms with Gasteiger partial charge in [0.15, 0.2) is 0 Å². The summed E-state index contributed by atoms with van der Waals surface area (Å²) in [6, 6.07) is 10.5. The molecule has 29 heavy (non-hydrogen) atoms. The molecule has 0 aliphatic carbocycles. The molecule has 0 spiro atoms. The van der Waals surface area contributed by atoms with Crippen molar-refractivity contribution in [3.63, 3.8) is 0 Å². The first-order valence-electron chi connectivity index (χ1n) is 9.40. The van der Waals surface area contributed by atoms with E-state index in [4.69, 9.17) is 0 Å². The lowest BCUT2D eigenvalue weighted by Crippen LogP contribution is -2.36. The van der Waals surface area contributed by atoms with Crippen molar-refractivity contribution >= 4 is 21.8 Å². The Morgan fingerprint density at radius 1 is 1.21 bits per heavy atom. The lowest BCUT2D eigenvalue weighted by atomic mass is 10.0. The number of hydrogen-bond donors (Lipinski definition) is 2. The molecule has 0 radical (unpaired) electrons. The van der Waals surface area contributed by atoms with Crippen LogP contribution < -0.4 is 10.0 Å². The number of sulfonamides is 1. The number of carbonyl (C=O) groups excluding carboxylic acids is 1. The second kappa shape index (κ2) is 8.32. The van der Waals surface area contributed by atoms with Crippen LogP contribution in [-0.2, 0) is 21.4 Å². The standard InChI is InChI=1S/C21H24FN3O3S/c1-13(2)10-18(21(26)23-12-15-8-9-17(22)14(3)11-15)24-20-16-6-4-5-7-19(16)29(27,28)25-20/h4-9,11,13,18H,10,12H2,1-3H3,(H,23,26)(H,24,25). The Labute approximate surface area is 170 Å². The van der Waals surface area contributed by atoms with Crippen molar-refractivity contribution in [1.82, 2.24) is 10.0 Å². The van der Waals surface area contributed by atoms with Crippen LogP contribution in [0.3, 0.4) is 0 Å². The highest BCUT2D eigenvalue weighted by Gasteiger charge is 2.32. The summed E-state index contributed by atoms with van der Waals surface area (Å²) < 4.78 is 40.4. The van der Waals surface area contributed by atoms with E-state index >= 15 is 0 Å². The molecule has 1 atom stereocenters. The van der Waals surface area contributed by atoms with Crippen LogP contribution in [0.15, 0.2) is 52.4 Å². The Morgan fingerprint density at radius 3 is 2.62 bits per heavy atom. The van der Waals surface area contributed by atoms with Gasteiger partial charge in [-0.25, -0.2) is 12.8 Å². The van der Waals surface area contributed by atoms with Gasteiger partial charge in [-0.05, 0) is 48.6 Å². The molecule has 8 heteroatoms.